The fourth-order valence-electron chi connectivity index (χ4n) is 3.17. The second kappa shape index (κ2) is 7.77. The van der Waals surface area contributed by atoms with E-state index in [4.69, 9.17) is 5.26 Å². The van der Waals surface area contributed by atoms with E-state index in [-0.39, 0.29) is 11.9 Å². The number of nitrogens with zero attached hydrogens (tertiary/aromatic N) is 2. The van der Waals surface area contributed by atoms with Gasteiger partial charge in [-0.3, -0.25) is 4.79 Å². The number of nitriles is 1. The van der Waals surface area contributed by atoms with Crippen molar-refractivity contribution in [1.29, 1.82) is 5.26 Å². The molecule has 0 radical (unpaired) electrons. The summed E-state index contributed by atoms with van der Waals surface area (Å²) in [6, 6.07) is 26.2. The minimum atomic E-state index is -0.326. The van der Waals surface area contributed by atoms with Crippen LogP contribution in [0.3, 0.4) is 0 Å². The Morgan fingerprint density at radius 1 is 1.04 bits per heavy atom. The quantitative estimate of drug-likeness (QED) is 0.557. The number of hydrogen-bond donors (Lipinski definition) is 2. The third-order valence-corrected chi connectivity index (χ3v) is 4.58. The average Bonchev–Trinajstić information content (AvgIpc) is 3.18. The van der Waals surface area contributed by atoms with Crippen LogP contribution in [-0.2, 0) is 6.42 Å². The fourth-order valence-corrected chi connectivity index (χ4v) is 3.17. The first-order valence-corrected chi connectivity index (χ1v) is 9.02. The van der Waals surface area contributed by atoms with Crippen LogP contribution < -0.4 is 5.32 Å². The zero-order valence-corrected chi connectivity index (χ0v) is 15.1. The zero-order valence-electron chi connectivity index (χ0n) is 15.1. The highest BCUT2D eigenvalue weighted by molar-refractivity contribution is 5.94. The number of rotatable bonds is 5. The molecule has 136 valence electrons. The molecule has 4 rings (SSSR count). The number of fused-ring (bicyclic) bond motifs is 1. The number of carbonyl (C=O) groups excluding carboxylic acids is 1. The molecule has 28 heavy (non-hydrogen) atoms. The van der Waals surface area contributed by atoms with Crippen molar-refractivity contribution >= 4 is 16.9 Å². The summed E-state index contributed by atoms with van der Waals surface area (Å²) in [5.41, 5.74) is 3.79. The van der Waals surface area contributed by atoms with Crippen LogP contribution in [0.25, 0.3) is 11.0 Å². The largest absolute Gasteiger partial charge is 0.342 e. The Kier molecular flexibility index (Phi) is 4.85. The van der Waals surface area contributed by atoms with Crippen molar-refractivity contribution in [2.24, 2.45) is 0 Å². The third kappa shape index (κ3) is 3.76. The number of benzene rings is 3. The minimum absolute atomic E-state index is 0.238. The molecule has 4 aromatic rings. The summed E-state index contributed by atoms with van der Waals surface area (Å²) in [7, 11) is 0. The molecule has 3 aromatic carbocycles. The van der Waals surface area contributed by atoms with Gasteiger partial charge in [0.05, 0.1) is 28.7 Å². The van der Waals surface area contributed by atoms with Gasteiger partial charge >= 0.3 is 0 Å². The van der Waals surface area contributed by atoms with Gasteiger partial charge in [-0.05, 0) is 42.3 Å². The predicted octanol–water partition coefficient (Wildman–Crippen LogP) is 4.15. The summed E-state index contributed by atoms with van der Waals surface area (Å²) in [6.07, 6.45) is 0.602. The van der Waals surface area contributed by atoms with Crippen molar-refractivity contribution in [2.45, 2.75) is 12.5 Å². The lowest BCUT2D eigenvalue weighted by Gasteiger charge is -2.17. The van der Waals surface area contributed by atoms with Gasteiger partial charge in [0.15, 0.2) is 0 Å². The number of aromatic amines is 1. The van der Waals surface area contributed by atoms with E-state index in [2.05, 4.69) is 21.4 Å². The Bertz CT molecular complexity index is 1120. The molecular weight excluding hydrogens is 348 g/mol. The second-order valence-electron chi connectivity index (χ2n) is 6.55. The summed E-state index contributed by atoms with van der Waals surface area (Å²) in [5, 5.41) is 12.2. The molecule has 5 nitrogen and oxygen atoms in total. The van der Waals surface area contributed by atoms with Crippen molar-refractivity contribution in [1.82, 2.24) is 15.3 Å². The number of amides is 1. The van der Waals surface area contributed by atoms with Gasteiger partial charge in [0.2, 0.25) is 0 Å². The van der Waals surface area contributed by atoms with E-state index < -0.39 is 0 Å². The molecule has 1 aromatic heterocycles. The molecule has 0 fully saturated rings. The molecule has 0 aliphatic carbocycles. The smallest absolute Gasteiger partial charge is 0.251 e. The average molecular weight is 366 g/mol. The van der Waals surface area contributed by atoms with E-state index in [0.29, 0.717) is 23.4 Å². The minimum Gasteiger partial charge on any atom is -0.342 e. The highest BCUT2D eigenvalue weighted by Gasteiger charge is 2.20. The van der Waals surface area contributed by atoms with Crippen LogP contribution in [-0.4, -0.2) is 15.9 Å². The maximum absolute atomic E-state index is 12.8. The maximum atomic E-state index is 12.8. The van der Waals surface area contributed by atoms with E-state index in [0.717, 1.165) is 16.6 Å². The van der Waals surface area contributed by atoms with E-state index in [1.165, 1.54) is 0 Å². The molecule has 0 saturated carbocycles. The number of imidazole rings is 1. The van der Waals surface area contributed by atoms with Crippen LogP contribution in [0.15, 0.2) is 78.9 Å². The van der Waals surface area contributed by atoms with E-state index in [9.17, 15) is 4.79 Å². The van der Waals surface area contributed by atoms with Gasteiger partial charge in [-0.15, -0.1) is 0 Å². The number of hydrogen-bond acceptors (Lipinski definition) is 3. The number of para-hydroxylation sites is 2. The number of aromatic nitrogens is 2. The molecule has 1 heterocycles. The topological polar surface area (TPSA) is 81.6 Å². The SMILES string of the molecule is N#Cc1cccc(C(=O)NC(Cc2ccccc2)c2nc3ccccc3[nH]2)c1. The molecule has 1 atom stereocenters. The van der Waals surface area contributed by atoms with E-state index in [1.54, 1.807) is 24.3 Å². The van der Waals surface area contributed by atoms with Crippen LogP contribution in [0.5, 0.6) is 0 Å². The molecule has 0 saturated heterocycles. The van der Waals surface area contributed by atoms with Crippen molar-refractivity contribution in [3.8, 4) is 6.07 Å². The van der Waals surface area contributed by atoms with Crippen molar-refractivity contribution < 1.29 is 4.79 Å². The van der Waals surface area contributed by atoms with Gasteiger partial charge in [0, 0.05) is 5.56 Å². The number of carbonyl (C=O) groups is 1. The lowest BCUT2D eigenvalue weighted by molar-refractivity contribution is 0.0935. The Hall–Kier alpha value is -3.91. The van der Waals surface area contributed by atoms with Crippen molar-refractivity contribution in [3.63, 3.8) is 0 Å². The molecular formula is C23H18N4O. The predicted molar refractivity (Wildman–Crippen MR) is 108 cm³/mol. The molecule has 1 amide bonds. The molecule has 0 spiro atoms. The van der Waals surface area contributed by atoms with Crippen LogP contribution in [0.2, 0.25) is 0 Å². The lowest BCUT2D eigenvalue weighted by Crippen LogP contribution is -2.30. The first-order valence-electron chi connectivity index (χ1n) is 9.02. The van der Waals surface area contributed by atoms with E-state index in [1.807, 2.05) is 54.6 Å². The Morgan fingerprint density at radius 3 is 2.61 bits per heavy atom. The summed E-state index contributed by atoms with van der Waals surface area (Å²) in [6.45, 7) is 0. The lowest BCUT2D eigenvalue weighted by atomic mass is 10.0. The van der Waals surface area contributed by atoms with Crippen LogP contribution in [0.1, 0.15) is 33.4 Å². The first-order chi connectivity index (χ1) is 13.7. The normalized spacial score (nSPS) is 11.7. The molecule has 1 unspecified atom stereocenters. The van der Waals surface area contributed by atoms with Gasteiger partial charge in [0.1, 0.15) is 5.82 Å². The first kappa shape index (κ1) is 17.5. The van der Waals surface area contributed by atoms with Crippen LogP contribution in [0.4, 0.5) is 0 Å². The Labute approximate surface area is 162 Å². The summed E-state index contributed by atoms with van der Waals surface area (Å²) in [4.78, 5) is 20.8. The van der Waals surface area contributed by atoms with Gasteiger partial charge in [0.25, 0.3) is 5.91 Å². The van der Waals surface area contributed by atoms with Gasteiger partial charge in [-0.2, -0.15) is 5.26 Å². The Balaban J connectivity index is 1.66. The van der Waals surface area contributed by atoms with Crippen LogP contribution >= 0.6 is 0 Å². The summed E-state index contributed by atoms with van der Waals surface area (Å²) >= 11 is 0. The van der Waals surface area contributed by atoms with E-state index >= 15 is 0 Å². The second-order valence-corrected chi connectivity index (χ2v) is 6.55. The standard InChI is InChI=1S/C23H18N4O/c24-15-17-9-6-10-18(13-17)23(28)27-21(14-16-7-2-1-3-8-16)22-25-19-11-4-5-12-20(19)26-22/h1-13,21H,14H2,(H,25,26)(H,27,28). The van der Waals surface area contributed by atoms with Gasteiger partial charge in [-0.1, -0.05) is 48.5 Å². The molecule has 0 aliphatic rings. The highest BCUT2D eigenvalue weighted by Crippen LogP contribution is 2.20. The van der Waals surface area contributed by atoms with Gasteiger partial charge < -0.3 is 10.3 Å². The summed E-state index contributed by atoms with van der Waals surface area (Å²) < 4.78 is 0. The highest BCUT2D eigenvalue weighted by atomic mass is 16.1. The number of H-pyrrole nitrogens is 1. The van der Waals surface area contributed by atoms with Crippen LogP contribution in [0, 0.1) is 11.3 Å². The maximum Gasteiger partial charge on any atom is 0.251 e. The third-order valence-electron chi connectivity index (χ3n) is 4.58. The Morgan fingerprint density at radius 2 is 1.82 bits per heavy atom. The van der Waals surface area contributed by atoms with Crippen molar-refractivity contribution in [2.75, 3.05) is 0 Å². The zero-order chi connectivity index (χ0) is 19.3. The fraction of sp³-hybridized carbons (Fsp3) is 0.0870. The number of nitrogens with one attached hydrogen (secondary N) is 2. The molecule has 5 heteroatoms. The molecule has 0 aliphatic heterocycles. The van der Waals surface area contributed by atoms with Crippen molar-refractivity contribution in [3.05, 3.63) is 101 Å². The summed E-state index contributed by atoms with van der Waals surface area (Å²) in [5.74, 6) is 0.466. The molecule has 0 bridgehead atoms. The monoisotopic (exact) mass is 366 g/mol. The molecule has 2 N–H and O–H groups in total. The van der Waals surface area contributed by atoms with Gasteiger partial charge in [-0.25, -0.2) is 4.98 Å².